The largest absolute Gasteiger partial charge is 0.486 e. The van der Waals surface area contributed by atoms with E-state index in [0.29, 0.717) is 48.3 Å². The molecule has 0 spiro atoms. The number of hydrogen-bond donors (Lipinski definition) is 1. The van der Waals surface area contributed by atoms with Crippen LogP contribution >= 0.6 is 0 Å². The highest BCUT2D eigenvalue weighted by Crippen LogP contribution is 2.43. The van der Waals surface area contributed by atoms with Gasteiger partial charge in [0.2, 0.25) is 10.0 Å². The number of nitrogens with one attached hydrogen (secondary N) is 1. The summed E-state index contributed by atoms with van der Waals surface area (Å²) in [6, 6.07) is 12.1. The topological polar surface area (TPSA) is 84.9 Å². The SMILES string of the molecule is Cc1ccc(S(=O)(=O)N2C[C@H]3C[C@H](NC(=O)c4ccc5c(c4)OCCO5)[C@H]3C2)cc1. The summed E-state index contributed by atoms with van der Waals surface area (Å²) in [5, 5.41) is 3.07. The summed E-state index contributed by atoms with van der Waals surface area (Å²) >= 11 is 0. The van der Waals surface area contributed by atoms with Crippen molar-refractivity contribution >= 4 is 15.9 Å². The normalized spacial score (nSPS) is 25.3. The number of benzene rings is 2. The number of sulfonamides is 1. The van der Waals surface area contributed by atoms with E-state index in [0.717, 1.165) is 12.0 Å². The number of ether oxygens (including phenoxy) is 2. The van der Waals surface area contributed by atoms with Crippen molar-refractivity contribution in [2.24, 2.45) is 11.8 Å². The van der Waals surface area contributed by atoms with Gasteiger partial charge in [-0.2, -0.15) is 4.31 Å². The minimum atomic E-state index is -3.51. The van der Waals surface area contributed by atoms with Crippen LogP contribution in [0.2, 0.25) is 0 Å². The highest BCUT2D eigenvalue weighted by atomic mass is 32.2. The molecular formula is C22H24N2O5S. The molecule has 3 atom stereocenters. The van der Waals surface area contributed by atoms with E-state index in [4.69, 9.17) is 9.47 Å². The standard InChI is InChI=1S/C22H24N2O5S/c1-14-2-5-17(6-3-14)30(26,27)24-12-16-10-19(18(16)13-24)23-22(25)15-4-7-20-21(11-15)29-9-8-28-20/h2-7,11,16,18-19H,8-10,12-13H2,1H3,(H,23,25)/t16-,18+,19+/m1/s1. The van der Waals surface area contributed by atoms with E-state index in [1.54, 1.807) is 34.6 Å². The molecule has 0 bridgehead atoms. The lowest BCUT2D eigenvalue weighted by molar-refractivity contribution is 0.0831. The van der Waals surface area contributed by atoms with Crippen molar-refractivity contribution in [1.29, 1.82) is 0 Å². The van der Waals surface area contributed by atoms with Gasteiger partial charge in [0.25, 0.3) is 5.91 Å². The van der Waals surface area contributed by atoms with Gasteiger partial charge in [-0.3, -0.25) is 4.79 Å². The van der Waals surface area contributed by atoms with Gasteiger partial charge in [-0.15, -0.1) is 0 Å². The molecule has 2 aliphatic heterocycles. The van der Waals surface area contributed by atoms with Gasteiger partial charge in [-0.05, 0) is 55.5 Å². The van der Waals surface area contributed by atoms with E-state index in [1.807, 2.05) is 19.1 Å². The van der Waals surface area contributed by atoms with Crippen LogP contribution in [-0.4, -0.2) is 51.0 Å². The van der Waals surface area contributed by atoms with Crippen LogP contribution in [0, 0.1) is 18.8 Å². The summed E-state index contributed by atoms with van der Waals surface area (Å²) in [6.07, 6.45) is 0.793. The van der Waals surface area contributed by atoms with Crippen LogP contribution in [0.4, 0.5) is 0 Å². The highest BCUT2D eigenvalue weighted by molar-refractivity contribution is 7.89. The predicted octanol–water partition coefficient (Wildman–Crippen LogP) is 2.21. The molecule has 3 aliphatic rings. The molecule has 1 N–H and O–H groups in total. The van der Waals surface area contributed by atoms with E-state index in [-0.39, 0.29) is 23.8 Å². The van der Waals surface area contributed by atoms with Crippen LogP contribution in [-0.2, 0) is 10.0 Å². The number of fused-ring (bicyclic) bond motifs is 2. The van der Waals surface area contributed by atoms with Gasteiger partial charge < -0.3 is 14.8 Å². The number of aryl methyl sites for hydroxylation is 1. The van der Waals surface area contributed by atoms with Crippen molar-refractivity contribution in [3.8, 4) is 11.5 Å². The molecule has 8 heteroatoms. The van der Waals surface area contributed by atoms with Crippen LogP contribution in [0.25, 0.3) is 0 Å². The molecule has 0 unspecified atom stereocenters. The van der Waals surface area contributed by atoms with Crippen LogP contribution in [0.1, 0.15) is 22.3 Å². The summed E-state index contributed by atoms with van der Waals surface area (Å²) in [6.45, 7) is 3.85. The zero-order valence-electron chi connectivity index (χ0n) is 16.7. The lowest BCUT2D eigenvalue weighted by atomic mass is 9.71. The molecule has 5 rings (SSSR count). The maximum atomic E-state index is 13.0. The molecule has 2 aromatic rings. The summed E-state index contributed by atoms with van der Waals surface area (Å²) in [7, 11) is -3.51. The third-order valence-corrected chi connectivity index (χ3v) is 8.16. The molecule has 1 saturated heterocycles. The first kappa shape index (κ1) is 19.4. The third-order valence-electron chi connectivity index (χ3n) is 6.31. The second kappa shape index (κ2) is 7.28. The van der Waals surface area contributed by atoms with Crippen molar-refractivity contribution in [2.45, 2.75) is 24.3 Å². The Kier molecular flexibility index (Phi) is 4.71. The fourth-order valence-electron chi connectivity index (χ4n) is 4.52. The van der Waals surface area contributed by atoms with Crippen molar-refractivity contribution in [3.63, 3.8) is 0 Å². The smallest absolute Gasteiger partial charge is 0.251 e. The number of rotatable bonds is 4. The van der Waals surface area contributed by atoms with Gasteiger partial charge in [-0.25, -0.2) is 8.42 Å². The minimum Gasteiger partial charge on any atom is -0.486 e. The number of hydrogen-bond acceptors (Lipinski definition) is 5. The Labute approximate surface area is 176 Å². The maximum absolute atomic E-state index is 13.0. The molecule has 158 valence electrons. The Bertz CT molecular complexity index is 1080. The first-order chi connectivity index (χ1) is 14.4. The second-order valence-electron chi connectivity index (χ2n) is 8.23. The molecule has 1 saturated carbocycles. The number of amides is 1. The number of carbonyl (C=O) groups is 1. The second-order valence-corrected chi connectivity index (χ2v) is 10.2. The van der Waals surface area contributed by atoms with Crippen molar-refractivity contribution in [2.75, 3.05) is 26.3 Å². The monoisotopic (exact) mass is 428 g/mol. The average Bonchev–Trinajstić information content (AvgIpc) is 3.09. The zero-order chi connectivity index (χ0) is 20.9. The Balaban J connectivity index is 1.24. The molecule has 7 nitrogen and oxygen atoms in total. The van der Waals surface area contributed by atoms with Gasteiger partial charge in [0.1, 0.15) is 13.2 Å². The number of nitrogens with zero attached hydrogens (tertiary/aromatic N) is 1. The van der Waals surface area contributed by atoms with E-state index < -0.39 is 10.0 Å². The van der Waals surface area contributed by atoms with Crippen LogP contribution in [0.5, 0.6) is 11.5 Å². The zero-order valence-corrected chi connectivity index (χ0v) is 17.5. The molecular weight excluding hydrogens is 404 g/mol. The van der Waals surface area contributed by atoms with Gasteiger partial charge in [-0.1, -0.05) is 17.7 Å². The lowest BCUT2D eigenvalue weighted by Gasteiger charge is -2.39. The summed E-state index contributed by atoms with van der Waals surface area (Å²) in [5.41, 5.74) is 1.54. The highest BCUT2D eigenvalue weighted by Gasteiger charge is 2.50. The van der Waals surface area contributed by atoms with Gasteiger partial charge in [0, 0.05) is 24.7 Å². The summed E-state index contributed by atoms with van der Waals surface area (Å²) in [4.78, 5) is 13.0. The quantitative estimate of drug-likeness (QED) is 0.807. The van der Waals surface area contributed by atoms with Crippen molar-refractivity contribution < 1.29 is 22.7 Å². The molecule has 30 heavy (non-hydrogen) atoms. The average molecular weight is 429 g/mol. The number of carbonyl (C=O) groups excluding carboxylic acids is 1. The Hall–Kier alpha value is -2.58. The van der Waals surface area contributed by atoms with E-state index in [9.17, 15) is 13.2 Å². The van der Waals surface area contributed by atoms with Crippen molar-refractivity contribution in [1.82, 2.24) is 9.62 Å². The van der Waals surface area contributed by atoms with Crippen molar-refractivity contribution in [3.05, 3.63) is 53.6 Å². The molecule has 1 aliphatic carbocycles. The summed E-state index contributed by atoms with van der Waals surface area (Å²) in [5.74, 6) is 1.49. The first-order valence-corrected chi connectivity index (χ1v) is 11.6. The molecule has 2 aromatic carbocycles. The van der Waals surface area contributed by atoms with Crippen LogP contribution < -0.4 is 14.8 Å². The van der Waals surface area contributed by atoms with E-state index in [1.165, 1.54) is 0 Å². The Morgan fingerprint density at radius 2 is 1.77 bits per heavy atom. The van der Waals surface area contributed by atoms with E-state index >= 15 is 0 Å². The van der Waals surface area contributed by atoms with E-state index in [2.05, 4.69) is 5.32 Å². The maximum Gasteiger partial charge on any atom is 0.251 e. The Morgan fingerprint density at radius 3 is 2.53 bits per heavy atom. The molecule has 0 aromatic heterocycles. The molecule has 1 amide bonds. The third kappa shape index (κ3) is 3.33. The first-order valence-electron chi connectivity index (χ1n) is 10.2. The molecule has 2 heterocycles. The fraction of sp³-hybridized carbons (Fsp3) is 0.409. The lowest BCUT2D eigenvalue weighted by Crippen LogP contribution is -2.52. The summed E-state index contributed by atoms with van der Waals surface area (Å²) < 4.78 is 38.5. The fourth-order valence-corrected chi connectivity index (χ4v) is 6.06. The molecule has 2 fully saturated rings. The predicted molar refractivity (Wildman–Crippen MR) is 110 cm³/mol. The van der Waals surface area contributed by atoms with Crippen LogP contribution in [0.3, 0.4) is 0 Å². The van der Waals surface area contributed by atoms with Gasteiger partial charge in [0.05, 0.1) is 4.90 Å². The van der Waals surface area contributed by atoms with Gasteiger partial charge in [0.15, 0.2) is 11.5 Å². The van der Waals surface area contributed by atoms with Crippen LogP contribution in [0.15, 0.2) is 47.4 Å². The minimum absolute atomic E-state index is 0.0195. The van der Waals surface area contributed by atoms with Gasteiger partial charge >= 0.3 is 0 Å². The molecule has 0 radical (unpaired) electrons. The Morgan fingerprint density at radius 1 is 1.03 bits per heavy atom.